The summed E-state index contributed by atoms with van der Waals surface area (Å²) in [4.78, 5) is 0. The van der Waals surface area contributed by atoms with Crippen molar-refractivity contribution in [3.63, 3.8) is 0 Å². The molecule has 3 nitrogen and oxygen atoms in total. The van der Waals surface area contributed by atoms with E-state index in [-0.39, 0.29) is 6.61 Å². The van der Waals surface area contributed by atoms with Crippen LogP contribution in [-0.4, -0.2) is 29.0 Å². The highest BCUT2D eigenvalue weighted by atomic mass is 79.9. The molecule has 0 atom stereocenters. The Morgan fingerprint density at radius 3 is 1.54 bits per heavy atom. The third-order valence-electron chi connectivity index (χ3n) is 3.72. The predicted octanol–water partition coefficient (Wildman–Crippen LogP) is 5.85. The Balaban J connectivity index is 2.34. The fourth-order valence-corrected chi connectivity index (χ4v) is 3.16. The van der Waals surface area contributed by atoms with Gasteiger partial charge in [0.1, 0.15) is 11.5 Å². The normalized spacial score (nSPS) is 10.8. The molecule has 0 aliphatic carbocycles. The molecule has 0 bridgehead atoms. The lowest BCUT2D eigenvalue weighted by Crippen LogP contribution is -2.01. The summed E-state index contributed by atoms with van der Waals surface area (Å²) in [6, 6.07) is 5.71. The van der Waals surface area contributed by atoms with E-state index in [0.717, 1.165) is 40.6 Å². The fraction of sp³-hybridized carbons (Fsp3) is 0.684. The van der Waals surface area contributed by atoms with Gasteiger partial charge in [0.25, 0.3) is 0 Å². The Hall–Kier alpha value is -0.260. The minimum absolute atomic E-state index is 0.00403. The van der Waals surface area contributed by atoms with Crippen LogP contribution in [0, 0.1) is 0 Å². The van der Waals surface area contributed by atoms with Crippen LogP contribution < -0.4 is 9.47 Å². The number of rotatable bonds is 15. The zero-order chi connectivity index (χ0) is 17.5. The number of benzene rings is 1. The molecule has 0 aliphatic rings. The van der Waals surface area contributed by atoms with Crippen molar-refractivity contribution in [1.29, 1.82) is 0 Å². The number of hydrogen-bond donors (Lipinski definition) is 1. The number of halogens is 2. The minimum atomic E-state index is 0.00403. The number of unbranched alkanes of at least 4 members (excludes halogenated alkanes) is 6. The Morgan fingerprint density at radius 2 is 1.12 bits per heavy atom. The first-order valence-electron chi connectivity index (χ1n) is 8.92. The average Bonchev–Trinajstić information content (AvgIpc) is 2.61. The van der Waals surface area contributed by atoms with Crippen LogP contribution in [0.1, 0.15) is 56.9 Å². The molecule has 1 N–H and O–H groups in total. The molecule has 0 saturated heterocycles. The van der Waals surface area contributed by atoms with Gasteiger partial charge in [-0.3, -0.25) is 0 Å². The average molecular weight is 466 g/mol. The standard InChI is InChI=1S/C19H30Br2O3/c20-9-5-1-3-7-11-23-18-13-17(16-22)14-19(15-18)24-12-8-4-2-6-10-21/h13-15,22H,1-12,16H2. The Bertz CT molecular complexity index is 393. The smallest absolute Gasteiger partial charge is 0.123 e. The largest absolute Gasteiger partial charge is 0.493 e. The van der Waals surface area contributed by atoms with E-state index in [0.29, 0.717) is 13.2 Å². The van der Waals surface area contributed by atoms with Crippen LogP contribution >= 0.6 is 31.9 Å². The Labute approximate surface area is 163 Å². The van der Waals surface area contributed by atoms with Gasteiger partial charge in [-0.05, 0) is 43.4 Å². The van der Waals surface area contributed by atoms with Crippen LogP contribution in [0.4, 0.5) is 0 Å². The maximum absolute atomic E-state index is 9.40. The van der Waals surface area contributed by atoms with Crippen LogP contribution in [0.5, 0.6) is 11.5 Å². The first-order valence-corrected chi connectivity index (χ1v) is 11.2. The number of aliphatic hydroxyl groups excluding tert-OH is 1. The zero-order valence-corrected chi connectivity index (χ0v) is 17.6. The second kappa shape index (κ2) is 15.0. The van der Waals surface area contributed by atoms with E-state index in [1.165, 1.54) is 38.5 Å². The second-order valence-corrected chi connectivity index (χ2v) is 7.46. The van der Waals surface area contributed by atoms with Gasteiger partial charge in [-0.25, -0.2) is 0 Å². The summed E-state index contributed by atoms with van der Waals surface area (Å²) in [5.41, 5.74) is 0.834. The van der Waals surface area contributed by atoms with Crippen molar-refractivity contribution < 1.29 is 14.6 Å². The van der Waals surface area contributed by atoms with E-state index in [2.05, 4.69) is 31.9 Å². The molecule has 1 aromatic rings. The maximum atomic E-state index is 9.40. The SMILES string of the molecule is OCc1cc(OCCCCCCBr)cc(OCCCCCCBr)c1. The van der Waals surface area contributed by atoms with Crippen LogP contribution in [-0.2, 0) is 6.61 Å². The molecule has 0 aliphatic heterocycles. The predicted molar refractivity (Wildman–Crippen MR) is 108 cm³/mol. The van der Waals surface area contributed by atoms with Crippen molar-refractivity contribution in [1.82, 2.24) is 0 Å². The van der Waals surface area contributed by atoms with Crippen molar-refractivity contribution in [3.8, 4) is 11.5 Å². The maximum Gasteiger partial charge on any atom is 0.123 e. The zero-order valence-electron chi connectivity index (χ0n) is 14.4. The van der Waals surface area contributed by atoms with Crippen molar-refractivity contribution in [2.45, 2.75) is 58.0 Å². The molecule has 0 fully saturated rings. The lowest BCUT2D eigenvalue weighted by molar-refractivity contribution is 0.271. The molecule has 0 radical (unpaired) electrons. The van der Waals surface area contributed by atoms with E-state index in [1.54, 1.807) is 0 Å². The van der Waals surface area contributed by atoms with Crippen molar-refractivity contribution in [2.75, 3.05) is 23.9 Å². The Kier molecular flexibility index (Phi) is 13.6. The van der Waals surface area contributed by atoms with Gasteiger partial charge in [0.05, 0.1) is 19.8 Å². The van der Waals surface area contributed by atoms with Gasteiger partial charge in [0.2, 0.25) is 0 Å². The summed E-state index contributed by atoms with van der Waals surface area (Å²) in [7, 11) is 0. The molecular weight excluding hydrogens is 436 g/mol. The molecule has 0 aromatic heterocycles. The van der Waals surface area contributed by atoms with Crippen molar-refractivity contribution in [2.24, 2.45) is 0 Å². The molecule has 138 valence electrons. The van der Waals surface area contributed by atoms with Crippen molar-refractivity contribution in [3.05, 3.63) is 23.8 Å². The third-order valence-corrected chi connectivity index (χ3v) is 4.84. The molecule has 1 rings (SSSR count). The lowest BCUT2D eigenvalue weighted by atomic mass is 10.2. The minimum Gasteiger partial charge on any atom is -0.493 e. The van der Waals surface area contributed by atoms with Crippen LogP contribution in [0.3, 0.4) is 0 Å². The monoisotopic (exact) mass is 464 g/mol. The number of aliphatic hydroxyl groups is 1. The molecule has 0 amide bonds. The molecule has 0 heterocycles. The Morgan fingerprint density at radius 1 is 0.667 bits per heavy atom. The molecule has 0 unspecified atom stereocenters. The van der Waals surface area contributed by atoms with Crippen LogP contribution in [0.15, 0.2) is 18.2 Å². The van der Waals surface area contributed by atoms with Gasteiger partial charge in [0, 0.05) is 16.7 Å². The van der Waals surface area contributed by atoms with Gasteiger partial charge >= 0.3 is 0 Å². The van der Waals surface area contributed by atoms with Gasteiger partial charge in [-0.15, -0.1) is 0 Å². The van der Waals surface area contributed by atoms with E-state index in [4.69, 9.17) is 9.47 Å². The number of hydrogen-bond acceptors (Lipinski definition) is 3. The molecule has 0 spiro atoms. The van der Waals surface area contributed by atoms with Crippen LogP contribution in [0.2, 0.25) is 0 Å². The number of ether oxygens (including phenoxy) is 2. The van der Waals surface area contributed by atoms with Gasteiger partial charge < -0.3 is 14.6 Å². The topological polar surface area (TPSA) is 38.7 Å². The second-order valence-electron chi connectivity index (χ2n) is 5.87. The van der Waals surface area contributed by atoms with Crippen LogP contribution in [0.25, 0.3) is 0 Å². The highest BCUT2D eigenvalue weighted by Crippen LogP contribution is 2.24. The molecular formula is C19H30Br2O3. The molecule has 0 saturated carbocycles. The summed E-state index contributed by atoms with van der Waals surface area (Å²) in [5.74, 6) is 1.58. The molecule has 1 aromatic carbocycles. The highest BCUT2D eigenvalue weighted by molar-refractivity contribution is 9.09. The number of alkyl halides is 2. The first kappa shape index (κ1) is 21.8. The van der Waals surface area contributed by atoms with Gasteiger partial charge in [-0.2, -0.15) is 0 Å². The van der Waals surface area contributed by atoms with Gasteiger partial charge in [-0.1, -0.05) is 57.5 Å². The fourth-order valence-electron chi connectivity index (χ4n) is 2.37. The summed E-state index contributed by atoms with van der Waals surface area (Å²) in [6.07, 6.45) is 9.37. The summed E-state index contributed by atoms with van der Waals surface area (Å²) < 4.78 is 11.6. The van der Waals surface area contributed by atoms with E-state index in [1.807, 2.05) is 18.2 Å². The van der Waals surface area contributed by atoms with E-state index in [9.17, 15) is 5.11 Å². The summed E-state index contributed by atoms with van der Waals surface area (Å²) in [6.45, 7) is 1.43. The molecule has 5 heteroatoms. The lowest BCUT2D eigenvalue weighted by Gasteiger charge is -2.12. The third kappa shape index (κ3) is 10.6. The first-order chi connectivity index (χ1) is 11.8. The van der Waals surface area contributed by atoms with Crippen molar-refractivity contribution >= 4 is 31.9 Å². The quantitative estimate of drug-likeness (QED) is 0.261. The summed E-state index contributed by atoms with van der Waals surface area (Å²) in [5, 5.41) is 11.5. The van der Waals surface area contributed by atoms with E-state index < -0.39 is 0 Å². The van der Waals surface area contributed by atoms with E-state index >= 15 is 0 Å². The molecule has 24 heavy (non-hydrogen) atoms. The highest BCUT2D eigenvalue weighted by Gasteiger charge is 2.03. The van der Waals surface area contributed by atoms with Gasteiger partial charge in [0.15, 0.2) is 0 Å². The summed E-state index contributed by atoms with van der Waals surface area (Å²) >= 11 is 6.89.